The van der Waals surface area contributed by atoms with Crippen LogP contribution in [0.4, 0.5) is 0 Å². The Bertz CT molecular complexity index is 1630. The molecule has 0 aromatic heterocycles. The van der Waals surface area contributed by atoms with Crippen LogP contribution >= 0.6 is 0 Å². The Morgan fingerprint density at radius 1 is 0.723 bits per heavy atom. The fourth-order valence-corrected chi connectivity index (χ4v) is 6.06. The Kier molecular flexibility index (Phi) is 10.7. The van der Waals surface area contributed by atoms with Gasteiger partial charge in [-0.2, -0.15) is 0 Å². The lowest BCUT2D eigenvalue weighted by Gasteiger charge is -2.32. The Morgan fingerprint density at radius 2 is 1.30 bits per heavy atom. The second kappa shape index (κ2) is 15.0. The number of nitrogens with zero attached hydrogens (tertiary/aromatic N) is 3. The summed E-state index contributed by atoms with van der Waals surface area (Å²) in [5.41, 5.74) is 4.24. The predicted octanol–water partition coefficient (Wildman–Crippen LogP) is 5.84. The Balaban J connectivity index is 1.41. The van der Waals surface area contributed by atoms with Gasteiger partial charge in [-0.05, 0) is 65.2 Å². The van der Waals surface area contributed by atoms with Crippen LogP contribution in [0.2, 0.25) is 0 Å². The lowest BCUT2D eigenvalue weighted by Crippen LogP contribution is -2.41. The molecular weight excluding hydrogens is 594 g/mol. The minimum atomic E-state index is -0.108. The SMILES string of the molecule is C=CC(=O)N1CCC(Oc2cc(OC)cc(-c3cccc(-c4ccc(C(=O)N(C)C)cc4OC4CCN(C(=O)C=C)CC4)c3)c2)CC1. The van der Waals surface area contributed by atoms with E-state index < -0.39 is 0 Å². The number of amides is 3. The molecule has 0 unspecified atom stereocenters. The lowest BCUT2D eigenvalue weighted by molar-refractivity contribution is -0.128. The second-order valence-corrected chi connectivity index (χ2v) is 12.1. The van der Waals surface area contributed by atoms with E-state index >= 15 is 0 Å². The average Bonchev–Trinajstić information content (AvgIpc) is 3.11. The molecule has 2 aliphatic heterocycles. The molecule has 47 heavy (non-hydrogen) atoms. The zero-order valence-corrected chi connectivity index (χ0v) is 27.4. The first-order chi connectivity index (χ1) is 22.7. The third-order valence-corrected chi connectivity index (χ3v) is 8.71. The van der Waals surface area contributed by atoms with E-state index in [4.69, 9.17) is 14.2 Å². The molecular formula is C38H43N3O6. The Hall–Kier alpha value is -5.05. The first-order valence-electron chi connectivity index (χ1n) is 16.0. The number of benzene rings is 3. The van der Waals surface area contributed by atoms with Gasteiger partial charge in [0, 0.05) is 83.2 Å². The maximum absolute atomic E-state index is 12.9. The van der Waals surface area contributed by atoms with Gasteiger partial charge in [-0.25, -0.2) is 0 Å². The summed E-state index contributed by atoms with van der Waals surface area (Å²) in [6, 6.07) is 19.6. The molecule has 0 atom stereocenters. The minimum absolute atomic E-state index is 0.0139. The van der Waals surface area contributed by atoms with Crippen molar-refractivity contribution in [1.29, 1.82) is 0 Å². The molecule has 5 rings (SSSR count). The lowest BCUT2D eigenvalue weighted by atomic mass is 9.97. The zero-order valence-electron chi connectivity index (χ0n) is 27.4. The number of likely N-dealkylation sites (tertiary alicyclic amines) is 2. The molecule has 2 saturated heterocycles. The van der Waals surface area contributed by atoms with E-state index in [9.17, 15) is 14.4 Å². The summed E-state index contributed by atoms with van der Waals surface area (Å²) in [6.45, 7) is 9.62. The summed E-state index contributed by atoms with van der Waals surface area (Å²) in [6.07, 6.45) is 5.42. The van der Waals surface area contributed by atoms with Crippen LogP contribution in [-0.2, 0) is 9.59 Å². The molecule has 246 valence electrons. The quantitative estimate of drug-likeness (QED) is 0.260. The van der Waals surface area contributed by atoms with Crippen LogP contribution < -0.4 is 14.2 Å². The van der Waals surface area contributed by atoms with Crippen molar-refractivity contribution >= 4 is 17.7 Å². The van der Waals surface area contributed by atoms with Crippen LogP contribution in [0.1, 0.15) is 36.0 Å². The number of ether oxygens (including phenoxy) is 3. The van der Waals surface area contributed by atoms with Crippen molar-refractivity contribution in [2.75, 3.05) is 47.4 Å². The Morgan fingerprint density at radius 3 is 1.87 bits per heavy atom. The second-order valence-electron chi connectivity index (χ2n) is 12.1. The smallest absolute Gasteiger partial charge is 0.253 e. The van der Waals surface area contributed by atoms with Crippen molar-refractivity contribution in [2.24, 2.45) is 0 Å². The van der Waals surface area contributed by atoms with Gasteiger partial charge < -0.3 is 28.9 Å². The number of carbonyl (C=O) groups excluding carboxylic acids is 3. The van der Waals surface area contributed by atoms with Gasteiger partial charge in [-0.1, -0.05) is 31.4 Å². The largest absolute Gasteiger partial charge is 0.497 e. The van der Waals surface area contributed by atoms with Crippen molar-refractivity contribution in [2.45, 2.75) is 37.9 Å². The van der Waals surface area contributed by atoms with Crippen molar-refractivity contribution in [3.05, 3.63) is 91.5 Å². The summed E-state index contributed by atoms with van der Waals surface area (Å²) in [5.74, 6) is 1.78. The maximum atomic E-state index is 12.9. The van der Waals surface area contributed by atoms with Crippen LogP contribution in [-0.4, -0.2) is 92.0 Å². The highest BCUT2D eigenvalue weighted by Crippen LogP contribution is 2.37. The molecule has 2 fully saturated rings. The zero-order chi connectivity index (χ0) is 33.5. The Labute approximate surface area is 277 Å². The monoisotopic (exact) mass is 637 g/mol. The van der Waals surface area contributed by atoms with E-state index in [1.54, 1.807) is 35.9 Å². The highest BCUT2D eigenvalue weighted by atomic mass is 16.5. The van der Waals surface area contributed by atoms with Gasteiger partial charge in [-0.3, -0.25) is 14.4 Å². The van der Waals surface area contributed by atoms with Gasteiger partial charge in [0.25, 0.3) is 5.91 Å². The van der Waals surface area contributed by atoms with Crippen LogP contribution in [0, 0.1) is 0 Å². The van der Waals surface area contributed by atoms with Crippen LogP contribution in [0.15, 0.2) is 86.0 Å². The van der Waals surface area contributed by atoms with Gasteiger partial charge in [0.05, 0.1) is 7.11 Å². The molecule has 0 aliphatic carbocycles. The van der Waals surface area contributed by atoms with E-state index in [1.165, 1.54) is 12.2 Å². The van der Waals surface area contributed by atoms with E-state index in [2.05, 4.69) is 19.2 Å². The number of rotatable bonds is 10. The fourth-order valence-electron chi connectivity index (χ4n) is 6.06. The summed E-state index contributed by atoms with van der Waals surface area (Å²) in [4.78, 5) is 42.1. The number of hydrogen-bond donors (Lipinski definition) is 0. The number of piperidine rings is 2. The molecule has 2 heterocycles. The van der Waals surface area contributed by atoms with E-state index in [1.807, 2.05) is 54.6 Å². The summed E-state index contributed by atoms with van der Waals surface area (Å²) >= 11 is 0. The average molecular weight is 638 g/mol. The van der Waals surface area contributed by atoms with Crippen LogP contribution in [0.5, 0.6) is 17.2 Å². The molecule has 0 radical (unpaired) electrons. The highest BCUT2D eigenvalue weighted by Gasteiger charge is 2.25. The molecule has 0 spiro atoms. The summed E-state index contributed by atoms with van der Waals surface area (Å²) < 4.78 is 18.6. The fraction of sp³-hybridized carbons (Fsp3) is 0.342. The van der Waals surface area contributed by atoms with Gasteiger partial charge in [-0.15, -0.1) is 0 Å². The van der Waals surface area contributed by atoms with E-state index in [-0.39, 0.29) is 29.9 Å². The van der Waals surface area contributed by atoms with E-state index in [0.717, 1.165) is 35.1 Å². The molecule has 0 N–H and O–H groups in total. The summed E-state index contributed by atoms with van der Waals surface area (Å²) in [5, 5.41) is 0. The summed E-state index contributed by atoms with van der Waals surface area (Å²) in [7, 11) is 5.09. The van der Waals surface area contributed by atoms with Crippen molar-refractivity contribution in [1.82, 2.24) is 14.7 Å². The number of carbonyl (C=O) groups is 3. The van der Waals surface area contributed by atoms with Crippen molar-refractivity contribution < 1.29 is 28.6 Å². The van der Waals surface area contributed by atoms with Crippen molar-refractivity contribution in [3.63, 3.8) is 0 Å². The molecule has 0 saturated carbocycles. The first kappa shape index (κ1) is 33.3. The van der Waals surface area contributed by atoms with Gasteiger partial charge in [0.15, 0.2) is 0 Å². The van der Waals surface area contributed by atoms with Gasteiger partial charge in [0.2, 0.25) is 11.8 Å². The van der Waals surface area contributed by atoms with Gasteiger partial charge in [0.1, 0.15) is 29.5 Å². The molecule has 3 aromatic carbocycles. The van der Waals surface area contributed by atoms with Gasteiger partial charge >= 0.3 is 0 Å². The van der Waals surface area contributed by atoms with Crippen LogP contribution in [0.3, 0.4) is 0 Å². The molecule has 9 nitrogen and oxygen atoms in total. The molecule has 9 heteroatoms. The molecule has 0 bridgehead atoms. The third-order valence-electron chi connectivity index (χ3n) is 8.71. The normalized spacial score (nSPS) is 15.5. The standard InChI is InChI=1S/C38H43N3O6/c1-6-36(42)40-17-13-30(14-18-40)46-33-23-29(22-32(25-33)45-5)26-9-8-10-27(21-26)34-12-11-28(38(44)39(3)4)24-35(34)47-31-15-19-41(20-16-31)37(43)7-2/h6-12,21-25,30-31H,1-2,13-20H2,3-5H3. The van der Waals surface area contributed by atoms with Crippen LogP contribution in [0.25, 0.3) is 22.3 Å². The highest BCUT2D eigenvalue weighted by molar-refractivity contribution is 5.95. The van der Waals surface area contributed by atoms with Crippen molar-refractivity contribution in [3.8, 4) is 39.5 Å². The first-order valence-corrected chi connectivity index (χ1v) is 16.0. The molecule has 2 aliphatic rings. The predicted molar refractivity (Wildman–Crippen MR) is 183 cm³/mol. The van der Waals surface area contributed by atoms with E-state index in [0.29, 0.717) is 61.8 Å². The molecule has 3 aromatic rings. The number of hydrogen-bond acceptors (Lipinski definition) is 6. The topological polar surface area (TPSA) is 88.6 Å². The third kappa shape index (κ3) is 8.03. The number of methoxy groups -OCH3 is 1. The maximum Gasteiger partial charge on any atom is 0.253 e. The minimum Gasteiger partial charge on any atom is -0.497 e. The molecule has 3 amide bonds.